The zero-order valence-electron chi connectivity index (χ0n) is 9.85. The molecule has 92 valence electrons. The fourth-order valence-corrected chi connectivity index (χ4v) is 4.26. The molecule has 0 aromatic carbocycles. The molecule has 0 heterocycles. The van der Waals surface area contributed by atoms with Gasteiger partial charge in [0.15, 0.2) is 9.84 Å². The first-order valence-electron chi connectivity index (χ1n) is 6.19. The van der Waals surface area contributed by atoms with E-state index in [0.29, 0.717) is 6.04 Å². The Kier molecular flexibility index (Phi) is 3.70. The Balaban J connectivity index is 1.98. The van der Waals surface area contributed by atoms with E-state index in [-0.39, 0.29) is 11.3 Å². The molecule has 0 amide bonds. The van der Waals surface area contributed by atoms with Crippen molar-refractivity contribution in [2.24, 2.45) is 0 Å². The van der Waals surface area contributed by atoms with Crippen molar-refractivity contribution in [2.45, 2.75) is 55.9 Å². The van der Waals surface area contributed by atoms with Crippen molar-refractivity contribution in [3.8, 4) is 0 Å². The van der Waals surface area contributed by atoms with Gasteiger partial charge in [0.1, 0.15) is 0 Å². The molecule has 16 heavy (non-hydrogen) atoms. The van der Waals surface area contributed by atoms with Gasteiger partial charge in [0.05, 0.1) is 5.25 Å². The van der Waals surface area contributed by atoms with Crippen LogP contribution in [0.25, 0.3) is 0 Å². The van der Waals surface area contributed by atoms with E-state index in [2.05, 4.69) is 17.5 Å². The quantitative estimate of drug-likeness (QED) is 0.767. The van der Waals surface area contributed by atoms with Crippen LogP contribution in [0.4, 0.5) is 0 Å². The standard InChI is InChI=1S/C12H21NO2S/c1-16(14,15)12-9-5-8-11(12)13-10-6-3-2-4-7-10/h3,6,10-13H,2,4-5,7-9H2,1H3. The smallest absolute Gasteiger partial charge is 0.151 e. The highest BCUT2D eigenvalue weighted by atomic mass is 32.2. The first-order chi connectivity index (χ1) is 7.57. The number of nitrogens with one attached hydrogen (secondary N) is 1. The van der Waals surface area contributed by atoms with Gasteiger partial charge in [-0.15, -0.1) is 0 Å². The molecule has 1 N–H and O–H groups in total. The Labute approximate surface area is 98.2 Å². The van der Waals surface area contributed by atoms with Crippen LogP contribution in [0.5, 0.6) is 0 Å². The Morgan fingerprint density at radius 1 is 1.19 bits per heavy atom. The Hall–Kier alpha value is -0.350. The average molecular weight is 243 g/mol. The number of sulfone groups is 1. The van der Waals surface area contributed by atoms with Crippen LogP contribution in [0, 0.1) is 0 Å². The third-order valence-electron chi connectivity index (χ3n) is 3.68. The monoisotopic (exact) mass is 243 g/mol. The van der Waals surface area contributed by atoms with Crippen molar-refractivity contribution < 1.29 is 8.42 Å². The van der Waals surface area contributed by atoms with E-state index < -0.39 is 9.84 Å². The molecule has 0 radical (unpaired) electrons. The van der Waals surface area contributed by atoms with Crippen LogP contribution in [-0.4, -0.2) is 32.0 Å². The van der Waals surface area contributed by atoms with Crippen LogP contribution in [0.15, 0.2) is 12.2 Å². The van der Waals surface area contributed by atoms with E-state index in [1.54, 1.807) is 0 Å². The van der Waals surface area contributed by atoms with E-state index in [9.17, 15) is 8.42 Å². The normalized spacial score (nSPS) is 35.4. The molecule has 4 heteroatoms. The summed E-state index contributed by atoms with van der Waals surface area (Å²) in [5.41, 5.74) is 0. The highest BCUT2D eigenvalue weighted by Gasteiger charge is 2.35. The molecule has 2 rings (SSSR count). The van der Waals surface area contributed by atoms with Crippen molar-refractivity contribution in [3.05, 3.63) is 12.2 Å². The van der Waals surface area contributed by atoms with Crippen LogP contribution in [0.3, 0.4) is 0 Å². The molecule has 1 fully saturated rings. The minimum absolute atomic E-state index is 0.164. The molecular formula is C12H21NO2S. The number of hydrogen-bond donors (Lipinski definition) is 1. The van der Waals surface area contributed by atoms with Gasteiger partial charge in [-0.05, 0) is 32.1 Å². The summed E-state index contributed by atoms with van der Waals surface area (Å²) >= 11 is 0. The zero-order valence-corrected chi connectivity index (χ0v) is 10.7. The summed E-state index contributed by atoms with van der Waals surface area (Å²) < 4.78 is 23.3. The molecule has 0 saturated heterocycles. The van der Waals surface area contributed by atoms with Gasteiger partial charge in [-0.1, -0.05) is 18.6 Å². The molecule has 0 aliphatic heterocycles. The van der Waals surface area contributed by atoms with Crippen molar-refractivity contribution in [1.82, 2.24) is 5.32 Å². The van der Waals surface area contributed by atoms with Gasteiger partial charge >= 0.3 is 0 Å². The van der Waals surface area contributed by atoms with E-state index in [1.165, 1.54) is 19.1 Å². The molecular weight excluding hydrogens is 222 g/mol. The van der Waals surface area contributed by atoms with Gasteiger partial charge in [-0.25, -0.2) is 8.42 Å². The van der Waals surface area contributed by atoms with E-state index in [1.807, 2.05) is 0 Å². The van der Waals surface area contributed by atoms with Crippen LogP contribution in [-0.2, 0) is 9.84 Å². The number of allylic oxidation sites excluding steroid dienone is 1. The van der Waals surface area contributed by atoms with Crippen LogP contribution in [0.1, 0.15) is 38.5 Å². The fraction of sp³-hybridized carbons (Fsp3) is 0.833. The lowest BCUT2D eigenvalue weighted by atomic mass is 10.0. The third kappa shape index (κ3) is 2.86. The van der Waals surface area contributed by atoms with E-state index in [0.717, 1.165) is 25.7 Å². The predicted molar refractivity (Wildman–Crippen MR) is 66.2 cm³/mol. The molecule has 3 atom stereocenters. The topological polar surface area (TPSA) is 46.2 Å². The Morgan fingerprint density at radius 3 is 2.62 bits per heavy atom. The summed E-state index contributed by atoms with van der Waals surface area (Å²) in [6.07, 6.45) is 12.1. The van der Waals surface area contributed by atoms with Crippen LogP contribution < -0.4 is 5.32 Å². The maximum Gasteiger partial charge on any atom is 0.151 e. The second-order valence-electron chi connectivity index (χ2n) is 5.04. The maximum atomic E-state index is 11.6. The fourth-order valence-electron chi connectivity index (χ4n) is 2.86. The first-order valence-corrected chi connectivity index (χ1v) is 8.14. The minimum Gasteiger partial charge on any atom is -0.306 e. The highest BCUT2D eigenvalue weighted by molar-refractivity contribution is 7.91. The van der Waals surface area contributed by atoms with Gasteiger partial charge < -0.3 is 5.32 Å². The van der Waals surface area contributed by atoms with Gasteiger partial charge in [0, 0.05) is 18.3 Å². The lowest BCUT2D eigenvalue weighted by Gasteiger charge is -2.26. The average Bonchev–Trinajstić information content (AvgIpc) is 2.67. The summed E-state index contributed by atoms with van der Waals surface area (Å²) in [5.74, 6) is 0. The van der Waals surface area contributed by atoms with Gasteiger partial charge in [0.25, 0.3) is 0 Å². The minimum atomic E-state index is -2.89. The summed E-state index contributed by atoms with van der Waals surface area (Å²) in [7, 11) is -2.89. The second kappa shape index (κ2) is 4.88. The molecule has 0 spiro atoms. The van der Waals surface area contributed by atoms with Crippen molar-refractivity contribution >= 4 is 9.84 Å². The van der Waals surface area contributed by atoms with E-state index >= 15 is 0 Å². The van der Waals surface area contributed by atoms with Gasteiger partial charge in [-0.3, -0.25) is 0 Å². The molecule has 1 saturated carbocycles. The highest BCUT2D eigenvalue weighted by Crippen LogP contribution is 2.26. The first kappa shape index (κ1) is 12.1. The third-order valence-corrected chi connectivity index (χ3v) is 5.35. The summed E-state index contributed by atoms with van der Waals surface area (Å²) in [4.78, 5) is 0. The molecule has 2 aliphatic rings. The maximum absolute atomic E-state index is 11.6. The Bertz CT molecular complexity index is 361. The Morgan fingerprint density at radius 2 is 2.00 bits per heavy atom. The van der Waals surface area contributed by atoms with Crippen molar-refractivity contribution in [2.75, 3.05) is 6.26 Å². The lowest BCUT2D eigenvalue weighted by Crippen LogP contribution is -2.44. The molecule has 0 bridgehead atoms. The van der Waals surface area contributed by atoms with Crippen LogP contribution >= 0.6 is 0 Å². The van der Waals surface area contributed by atoms with E-state index in [4.69, 9.17) is 0 Å². The molecule has 0 aromatic rings. The molecule has 3 unspecified atom stereocenters. The van der Waals surface area contributed by atoms with Crippen molar-refractivity contribution in [1.29, 1.82) is 0 Å². The number of rotatable bonds is 3. The van der Waals surface area contributed by atoms with Crippen LogP contribution in [0.2, 0.25) is 0 Å². The second-order valence-corrected chi connectivity index (χ2v) is 7.30. The largest absolute Gasteiger partial charge is 0.306 e. The SMILES string of the molecule is CS(=O)(=O)C1CCCC1NC1C=CCCC1. The van der Waals surface area contributed by atoms with Gasteiger partial charge in [0.2, 0.25) is 0 Å². The van der Waals surface area contributed by atoms with Crippen molar-refractivity contribution in [3.63, 3.8) is 0 Å². The molecule has 3 nitrogen and oxygen atoms in total. The summed E-state index contributed by atoms with van der Waals surface area (Å²) in [6.45, 7) is 0. The molecule has 0 aromatic heterocycles. The molecule has 2 aliphatic carbocycles. The zero-order chi connectivity index (χ0) is 11.6. The lowest BCUT2D eigenvalue weighted by molar-refractivity contribution is 0.439. The summed E-state index contributed by atoms with van der Waals surface area (Å²) in [5, 5.41) is 3.34. The summed E-state index contributed by atoms with van der Waals surface area (Å²) in [6, 6.07) is 0.559. The number of hydrogen-bond acceptors (Lipinski definition) is 3. The van der Waals surface area contributed by atoms with Gasteiger partial charge in [-0.2, -0.15) is 0 Å². The predicted octanol–water partition coefficient (Wildman–Crippen LogP) is 1.65.